The fourth-order valence-corrected chi connectivity index (χ4v) is 2.69. The van der Waals surface area contributed by atoms with Crippen LogP contribution in [-0.4, -0.2) is 11.8 Å². The lowest BCUT2D eigenvalue weighted by Gasteiger charge is -2.21. The molecule has 3 aromatic rings. The first-order chi connectivity index (χ1) is 13.1. The fourth-order valence-electron chi connectivity index (χ4n) is 2.69. The van der Waals surface area contributed by atoms with Gasteiger partial charge in [-0.05, 0) is 36.2 Å². The summed E-state index contributed by atoms with van der Waals surface area (Å²) >= 11 is 0. The third-order valence-electron chi connectivity index (χ3n) is 4.21. The van der Waals surface area contributed by atoms with Crippen LogP contribution in [0, 0.1) is 0 Å². The Morgan fingerprint density at radius 1 is 1.00 bits per heavy atom. The molecular weight excluding hydrogens is 344 g/mol. The van der Waals surface area contributed by atoms with Crippen LogP contribution in [0.5, 0.6) is 5.75 Å². The summed E-state index contributed by atoms with van der Waals surface area (Å²) in [5.74, 6) is 0.743. The van der Waals surface area contributed by atoms with Crippen molar-refractivity contribution < 1.29 is 9.94 Å². The molecule has 0 heterocycles. The summed E-state index contributed by atoms with van der Waals surface area (Å²) in [7, 11) is 0. The average molecular weight is 366 g/mol. The molecule has 0 aliphatic heterocycles. The van der Waals surface area contributed by atoms with Gasteiger partial charge in [-0.3, -0.25) is 14.8 Å². The highest BCUT2D eigenvalue weighted by Gasteiger charge is 2.25. The Morgan fingerprint density at radius 2 is 1.70 bits per heavy atom. The van der Waals surface area contributed by atoms with E-state index >= 15 is 0 Å². The van der Waals surface area contributed by atoms with E-state index < -0.39 is 10.9 Å². The van der Waals surface area contributed by atoms with Crippen LogP contribution in [0.2, 0.25) is 0 Å². The van der Waals surface area contributed by atoms with Gasteiger partial charge in [0.2, 0.25) is 0 Å². The third-order valence-corrected chi connectivity index (χ3v) is 4.21. The van der Waals surface area contributed by atoms with Crippen LogP contribution in [0.1, 0.15) is 25.3 Å². The van der Waals surface area contributed by atoms with Crippen molar-refractivity contribution in [2.24, 2.45) is 0 Å². The van der Waals surface area contributed by atoms with Crippen molar-refractivity contribution >= 4 is 17.1 Å². The fraction of sp³-hybridized carbons (Fsp3) is 0.238. The van der Waals surface area contributed by atoms with Crippen LogP contribution < -0.4 is 26.0 Å². The molecule has 6 nitrogen and oxygen atoms in total. The number of rotatable bonds is 9. The SMILES string of the molecule is CCCCOc1ccc(Nc2c(N(O)Cc3ccccc3)c(=O)c2=O)cc1. The molecule has 0 aliphatic carbocycles. The van der Waals surface area contributed by atoms with Gasteiger partial charge in [-0.1, -0.05) is 43.7 Å². The molecule has 0 unspecified atom stereocenters. The summed E-state index contributed by atoms with van der Waals surface area (Å²) < 4.78 is 5.60. The standard InChI is InChI=1S/C21H22N2O4/c1-2-3-13-27-17-11-9-16(10-12-17)22-18-19(21(25)20(18)24)23(26)14-15-7-5-4-6-8-15/h4-12,22,26H,2-3,13-14H2,1H3. The first-order valence-electron chi connectivity index (χ1n) is 8.93. The molecular formula is C21H22N2O4. The molecule has 0 aliphatic rings. The highest BCUT2D eigenvalue weighted by molar-refractivity contribution is 5.78. The highest BCUT2D eigenvalue weighted by Crippen LogP contribution is 2.25. The Bertz CT molecular complexity index is 945. The quantitative estimate of drug-likeness (QED) is 0.342. The highest BCUT2D eigenvalue weighted by atomic mass is 16.5. The second-order valence-corrected chi connectivity index (χ2v) is 6.28. The monoisotopic (exact) mass is 366 g/mol. The molecule has 0 aromatic heterocycles. The first-order valence-corrected chi connectivity index (χ1v) is 8.93. The van der Waals surface area contributed by atoms with E-state index in [4.69, 9.17) is 4.74 Å². The molecule has 3 rings (SSSR count). The number of hydroxylamine groups is 1. The molecule has 0 amide bonds. The van der Waals surface area contributed by atoms with E-state index in [1.54, 1.807) is 24.3 Å². The van der Waals surface area contributed by atoms with Crippen molar-refractivity contribution in [1.29, 1.82) is 0 Å². The summed E-state index contributed by atoms with van der Waals surface area (Å²) in [5, 5.41) is 14.0. The van der Waals surface area contributed by atoms with E-state index in [9.17, 15) is 14.8 Å². The molecule has 3 aromatic carbocycles. The summed E-state index contributed by atoms with van der Waals surface area (Å²) in [6, 6.07) is 16.3. The second kappa shape index (κ2) is 8.51. The van der Waals surface area contributed by atoms with Gasteiger partial charge in [0.1, 0.15) is 17.1 Å². The predicted molar refractivity (Wildman–Crippen MR) is 106 cm³/mol. The van der Waals surface area contributed by atoms with Crippen molar-refractivity contribution in [3.8, 4) is 5.75 Å². The average Bonchev–Trinajstić information content (AvgIpc) is 2.69. The Balaban J connectivity index is 1.70. The van der Waals surface area contributed by atoms with E-state index in [0.29, 0.717) is 12.3 Å². The van der Waals surface area contributed by atoms with Crippen LogP contribution in [0.15, 0.2) is 64.2 Å². The zero-order valence-corrected chi connectivity index (χ0v) is 15.1. The molecule has 0 spiro atoms. The van der Waals surface area contributed by atoms with Gasteiger partial charge in [0.25, 0.3) is 10.9 Å². The van der Waals surface area contributed by atoms with Gasteiger partial charge in [-0.15, -0.1) is 0 Å². The number of nitrogens with zero attached hydrogens (tertiary/aromatic N) is 1. The topological polar surface area (TPSA) is 78.9 Å². The predicted octanol–water partition coefficient (Wildman–Crippen LogP) is 3.60. The molecule has 27 heavy (non-hydrogen) atoms. The second-order valence-electron chi connectivity index (χ2n) is 6.28. The van der Waals surface area contributed by atoms with Crippen molar-refractivity contribution in [3.05, 3.63) is 80.6 Å². The Morgan fingerprint density at radius 3 is 2.37 bits per heavy atom. The maximum Gasteiger partial charge on any atom is 0.255 e. The molecule has 0 bridgehead atoms. The molecule has 0 atom stereocenters. The van der Waals surface area contributed by atoms with Gasteiger partial charge in [0.05, 0.1) is 13.2 Å². The minimum Gasteiger partial charge on any atom is -0.494 e. The van der Waals surface area contributed by atoms with Crippen molar-refractivity contribution in [2.75, 3.05) is 17.0 Å². The summed E-state index contributed by atoms with van der Waals surface area (Å²) in [6.45, 7) is 2.87. The Kier molecular flexibility index (Phi) is 5.88. The summed E-state index contributed by atoms with van der Waals surface area (Å²) in [5.41, 5.74) is 0.202. The van der Waals surface area contributed by atoms with Crippen LogP contribution in [0.25, 0.3) is 0 Å². The molecule has 6 heteroatoms. The molecule has 0 radical (unpaired) electrons. The van der Waals surface area contributed by atoms with E-state index in [0.717, 1.165) is 29.2 Å². The van der Waals surface area contributed by atoms with Gasteiger partial charge in [-0.2, -0.15) is 0 Å². The largest absolute Gasteiger partial charge is 0.494 e. The number of hydrogen-bond donors (Lipinski definition) is 2. The van der Waals surface area contributed by atoms with E-state index in [1.807, 2.05) is 30.3 Å². The van der Waals surface area contributed by atoms with Crippen molar-refractivity contribution in [2.45, 2.75) is 26.3 Å². The van der Waals surface area contributed by atoms with Gasteiger partial charge in [0.15, 0.2) is 0 Å². The maximum atomic E-state index is 11.9. The number of nitrogens with one attached hydrogen (secondary N) is 1. The van der Waals surface area contributed by atoms with Crippen LogP contribution in [0.3, 0.4) is 0 Å². The Labute approximate surface area is 157 Å². The minimum absolute atomic E-state index is 0.0212. The smallest absolute Gasteiger partial charge is 0.255 e. The lowest BCUT2D eigenvalue weighted by Crippen LogP contribution is -2.40. The van der Waals surface area contributed by atoms with Crippen molar-refractivity contribution in [3.63, 3.8) is 0 Å². The van der Waals surface area contributed by atoms with Crippen LogP contribution >= 0.6 is 0 Å². The number of hydrogen-bond acceptors (Lipinski definition) is 6. The number of unbranched alkanes of at least 4 members (excludes halogenated alkanes) is 1. The van der Waals surface area contributed by atoms with E-state index in [2.05, 4.69) is 12.2 Å². The van der Waals surface area contributed by atoms with Crippen molar-refractivity contribution in [1.82, 2.24) is 0 Å². The summed E-state index contributed by atoms with van der Waals surface area (Å²) in [6.07, 6.45) is 2.05. The lowest BCUT2D eigenvalue weighted by molar-refractivity contribution is 0.248. The number of benzene rings is 2. The molecule has 0 saturated heterocycles. The van der Waals surface area contributed by atoms with E-state index in [-0.39, 0.29) is 17.9 Å². The van der Waals surface area contributed by atoms with Crippen LogP contribution in [0.4, 0.5) is 17.1 Å². The van der Waals surface area contributed by atoms with Gasteiger partial charge < -0.3 is 10.1 Å². The zero-order chi connectivity index (χ0) is 19.2. The van der Waals surface area contributed by atoms with Gasteiger partial charge >= 0.3 is 0 Å². The third kappa shape index (κ3) is 4.35. The molecule has 140 valence electrons. The molecule has 0 saturated carbocycles. The maximum absolute atomic E-state index is 11.9. The Hall–Kier alpha value is -3.12. The minimum atomic E-state index is -0.699. The molecule has 2 N–H and O–H groups in total. The first kappa shape index (κ1) is 18.7. The zero-order valence-electron chi connectivity index (χ0n) is 15.1. The number of ether oxygens (including phenoxy) is 1. The summed E-state index contributed by atoms with van der Waals surface area (Å²) in [4.78, 5) is 23.9. The number of anilines is 3. The van der Waals surface area contributed by atoms with Gasteiger partial charge in [0, 0.05) is 5.69 Å². The normalized spacial score (nSPS) is 10.7. The van der Waals surface area contributed by atoms with E-state index in [1.165, 1.54) is 0 Å². The van der Waals surface area contributed by atoms with Gasteiger partial charge in [-0.25, -0.2) is 5.06 Å². The lowest BCUT2D eigenvalue weighted by atomic mass is 10.1. The molecule has 0 fully saturated rings. The van der Waals surface area contributed by atoms with Crippen LogP contribution in [-0.2, 0) is 6.54 Å².